The maximum absolute atomic E-state index is 13.3. The van der Waals surface area contributed by atoms with E-state index in [0.29, 0.717) is 17.6 Å². The first-order chi connectivity index (χ1) is 14.3. The van der Waals surface area contributed by atoms with Crippen LogP contribution in [0, 0.1) is 0 Å². The second-order valence-electron chi connectivity index (χ2n) is 6.24. The third-order valence-electron chi connectivity index (χ3n) is 4.31. The maximum Gasteiger partial charge on any atom is 0.421 e. The van der Waals surface area contributed by atoms with Crippen molar-refractivity contribution < 1.29 is 22.3 Å². The number of alkyl halides is 3. The van der Waals surface area contributed by atoms with Crippen LogP contribution in [0.25, 0.3) is 16.8 Å². The van der Waals surface area contributed by atoms with Gasteiger partial charge in [0.25, 0.3) is 0 Å². The molecule has 2 N–H and O–H groups in total. The van der Waals surface area contributed by atoms with Gasteiger partial charge in [0.05, 0.1) is 25.7 Å². The van der Waals surface area contributed by atoms with Gasteiger partial charge < -0.3 is 10.5 Å². The van der Waals surface area contributed by atoms with E-state index in [1.165, 1.54) is 23.2 Å². The molecule has 0 spiro atoms. The number of ether oxygens (including phenoxy) is 1. The Balaban J connectivity index is 0.00000341. The molecule has 0 amide bonds. The number of aromatic nitrogens is 4. The van der Waals surface area contributed by atoms with Crippen LogP contribution < -0.4 is 16.2 Å². The third-order valence-corrected chi connectivity index (χ3v) is 4.31. The molecule has 3 aromatic rings. The van der Waals surface area contributed by atoms with Gasteiger partial charge in [-0.05, 0) is 29.3 Å². The molecule has 2 heterocycles. The largest absolute Gasteiger partial charge is 0.481 e. The molecule has 0 radical (unpaired) electrons. The fraction of sp³-hybridized carbons (Fsp3) is 0.211. The highest BCUT2D eigenvalue weighted by Crippen LogP contribution is 2.37. The summed E-state index contributed by atoms with van der Waals surface area (Å²) in [5.74, 6) is -0.531. The van der Waals surface area contributed by atoms with Gasteiger partial charge in [-0.25, -0.2) is 23.4 Å². The summed E-state index contributed by atoms with van der Waals surface area (Å²) in [6.07, 6.45) is -1.84. The number of benzene rings is 1. The minimum atomic E-state index is -4.64. The Labute approximate surface area is 180 Å². The molecule has 0 saturated carbocycles. The lowest BCUT2D eigenvalue weighted by Crippen LogP contribution is -2.25. The van der Waals surface area contributed by atoms with Crippen LogP contribution in [0.3, 0.4) is 0 Å². The van der Waals surface area contributed by atoms with Gasteiger partial charge in [0.2, 0.25) is 5.88 Å². The second kappa shape index (κ2) is 9.75. The molecule has 0 atom stereocenters. The molecule has 0 aliphatic carbocycles. The normalized spacial score (nSPS) is 11.9. The summed E-state index contributed by atoms with van der Waals surface area (Å²) in [5.41, 5.74) is 4.97. The van der Waals surface area contributed by atoms with Gasteiger partial charge in [0, 0.05) is 18.3 Å². The summed E-state index contributed by atoms with van der Waals surface area (Å²) in [7, 11) is 1.11. The van der Waals surface area contributed by atoms with Crippen molar-refractivity contribution in [1.82, 2.24) is 19.3 Å². The van der Waals surface area contributed by atoms with Crippen molar-refractivity contribution in [3.05, 3.63) is 70.8 Å². The second-order valence-corrected chi connectivity index (χ2v) is 6.24. The monoisotopic (exact) mass is 459 g/mol. The van der Waals surface area contributed by atoms with Crippen LogP contribution in [-0.2, 0) is 12.7 Å². The van der Waals surface area contributed by atoms with Crippen LogP contribution in [0.15, 0.2) is 59.6 Å². The van der Waals surface area contributed by atoms with Gasteiger partial charge in [-0.2, -0.15) is 18.3 Å². The Kier molecular flexibility index (Phi) is 7.58. The van der Waals surface area contributed by atoms with Crippen molar-refractivity contribution in [3.8, 4) is 22.7 Å². The molecule has 0 fully saturated rings. The Bertz CT molecular complexity index is 1140. The van der Waals surface area contributed by atoms with E-state index < -0.39 is 23.3 Å². The minimum Gasteiger partial charge on any atom is -0.481 e. The molecular formula is C19H18ClF4N5O2. The first-order valence-corrected chi connectivity index (χ1v) is 8.63. The summed E-state index contributed by atoms with van der Waals surface area (Å²) in [5, 5.41) is 3.93. The Morgan fingerprint density at radius 2 is 2.00 bits per heavy atom. The lowest BCUT2D eigenvalue weighted by molar-refractivity contribution is -0.139. The summed E-state index contributed by atoms with van der Waals surface area (Å²) in [4.78, 5) is 16.3. The number of rotatable bonds is 6. The highest BCUT2D eigenvalue weighted by atomic mass is 35.5. The van der Waals surface area contributed by atoms with Gasteiger partial charge in [-0.15, -0.1) is 12.4 Å². The van der Waals surface area contributed by atoms with Crippen molar-refractivity contribution in [2.24, 2.45) is 5.73 Å². The van der Waals surface area contributed by atoms with Crippen LogP contribution >= 0.6 is 12.4 Å². The van der Waals surface area contributed by atoms with Gasteiger partial charge in [0.15, 0.2) is 0 Å². The van der Waals surface area contributed by atoms with Crippen LogP contribution in [0.1, 0.15) is 5.56 Å². The summed E-state index contributed by atoms with van der Waals surface area (Å²) in [6, 6.07) is 7.20. The quantitative estimate of drug-likeness (QED) is 0.571. The number of methoxy groups -OCH3 is 1. The van der Waals surface area contributed by atoms with Gasteiger partial charge in [-0.3, -0.25) is 0 Å². The number of nitrogens with two attached hydrogens (primary N) is 1. The van der Waals surface area contributed by atoms with E-state index in [9.17, 15) is 22.4 Å². The molecule has 0 aliphatic heterocycles. The molecule has 166 valence electrons. The molecule has 31 heavy (non-hydrogen) atoms. The molecule has 3 rings (SSSR count). The van der Waals surface area contributed by atoms with Crippen molar-refractivity contribution in [2.45, 2.75) is 12.7 Å². The van der Waals surface area contributed by atoms with Crippen LogP contribution in [0.5, 0.6) is 5.88 Å². The van der Waals surface area contributed by atoms with Gasteiger partial charge in [0.1, 0.15) is 11.9 Å². The molecule has 1 aromatic carbocycles. The van der Waals surface area contributed by atoms with E-state index >= 15 is 0 Å². The van der Waals surface area contributed by atoms with E-state index in [2.05, 4.69) is 10.1 Å². The zero-order valence-electron chi connectivity index (χ0n) is 16.1. The zero-order chi connectivity index (χ0) is 21.9. The molecule has 7 nitrogen and oxygen atoms in total. The Morgan fingerprint density at radius 3 is 2.61 bits per heavy atom. The van der Waals surface area contributed by atoms with Crippen molar-refractivity contribution in [1.29, 1.82) is 0 Å². The molecule has 0 saturated heterocycles. The number of hydrogen-bond donors (Lipinski definition) is 1. The van der Waals surface area contributed by atoms with Crippen LogP contribution in [0.2, 0.25) is 0 Å². The highest BCUT2D eigenvalue weighted by molar-refractivity contribution is 5.85. The summed E-state index contributed by atoms with van der Waals surface area (Å²) < 4.78 is 59.5. The number of pyridine rings is 1. The number of hydrogen-bond acceptors (Lipinski definition) is 5. The average molecular weight is 460 g/mol. The van der Waals surface area contributed by atoms with E-state index in [4.69, 9.17) is 10.5 Å². The Morgan fingerprint density at radius 1 is 1.26 bits per heavy atom. The van der Waals surface area contributed by atoms with Crippen molar-refractivity contribution in [2.75, 3.05) is 13.7 Å². The third kappa shape index (κ3) is 5.12. The zero-order valence-corrected chi connectivity index (χ0v) is 17.0. The summed E-state index contributed by atoms with van der Waals surface area (Å²) in [6.45, 7) is -0.187. The maximum atomic E-state index is 13.3. The van der Waals surface area contributed by atoms with E-state index in [1.807, 2.05) is 0 Å². The van der Waals surface area contributed by atoms with E-state index in [-0.39, 0.29) is 36.6 Å². The smallest absolute Gasteiger partial charge is 0.421 e. The highest BCUT2D eigenvalue weighted by Gasteiger charge is 2.35. The predicted octanol–water partition coefficient (Wildman–Crippen LogP) is 3.36. The molecule has 0 bridgehead atoms. The van der Waals surface area contributed by atoms with E-state index in [0.717, 1.165) is 17.9 Å². The van der Waals surface area contributed by atoms with Crippen molar-refractivity contribution >= 4 is 12.4 Å². The topological polar surface area (TPSA) is 88.0 Å². The van der Waals surface area contributed by atoms with Gasteiger partial charge in [-0.1, -0.05) is 12.1 Å². The lowest BCUT2D eigenvalue weighted by atomic mass is 10.0. The summed E-state index contributed by atoms with van der Waals surface area (Å²) >= 11 is 0. The number of halogens is 5. The standard InChI is InChI=1S/C19H17F4N5O2.ClH/c1-30-17-16(19(21,22)23)6-14(9-25-17)13-3-2-4-15(5-13)27-11-26-28(18(27)29)10-12(7-20)8-24;/h2-7,9,11H,8,10,24H2,1H3;1H/b12-7+;. The predicted molar refractivity (Wildman–Crippen MR) is 108 cm³/mol. The molecule has 0 aliphatic rings. The first kappa shape index (κ1) is 24.1. The SMILES string of the molecule is COc1ncc(-c2cccc(-n3cnn(C/C(=C/F)CN)c3=O)c2)cc1C(F)(F)F.Cl. The molecular weight excluding hydrogens is 442 g/mol. The van der Waals surface area contributed by atoms with Gasteiger partial charge >= 0.3 is 11.9 Å². The van der Waals surface area contributed by atoms with Crippen LogP contribution in [-0.4, -0.2) is 33.0 Å². The molecule has 12 heteroatoms. The average Bonchev–Trinajstić information content (AvgIpc) is 3.11. The fourth-order valence-electron chi connectivity index (χ4n) is 2.77. The Hall–Kier alpha value is -3.18. The number of nitrogens with zero attached hydrogens (tertiary/aromatic N) is 4. The fourth-order valence-corrected chi connectivity index (χ4v) is 2.77. The first-order valence-electron chi connectivity index (χ1n) is 8.63. The van der Waals surface area contributed by atoms with Crippen molar-refractivity contribution in [3.63, 3.8) is 0 Å². The molecule has 2 aromatic heterocycles. The lowest BCUT2D eigenvalue weighted by Gasteiger charge is -2.13. The van der Waals surface area contributed by atoms with Crippen LogP contribution in [0.4, 0.5) is 17.6 Å². The van der Waals surface area contributed by atoms with E-state index in [1.54, 1.807) is 18.2 Å². The molecule has 0 unspecified atom stereocenters. The minimum absolute atomic E-state index is 0.